The van der Waals surface area contributed by atoms with Crippen LogP contribution >= 0.6 is 0 Å². The van der Waals surface area contributed by atoms with E-state index in [1.807, 2.05) is 23.9 Å². The van der Waals surface area contributed by atoms with E-state index in [-0.39, 0.29) is 5.92 Å². The van der Waals surface area contributed by atoms with E-state index in [1.54, 1.807) is 0 Å². The molecule has 0 bridgehead atoms. The SMILES string of the molecule is Cn1nc(CC2CCCC2=O)c2ccccc21. The van der Waals surface area contributed by atoms with Crippen LogP contribution in [0, 0.1) is 5.92 Å². The van der Waals surface area contributed by atoms with Crippen molar-refractivity contribution < 1.29 is 4.79 Å². The van der Waals surface area contributed by atoms with Gasteiger partial charge in [-0.2, -0.15) is 5.10 Å². The van der Waals surface area contributed by atoms with Gasteiger partial charge in [-0.1, -0.05) is 18.2 Å². The number of nitrogens with zero attached hydrogens (tertiary/aromatic N) is 2. The minimum Gasteiger partial charge on any atom is -0.299 e. The first-order chi connectivity index (χ1) is 8.25. The summed E-state index contributed by atoms with van der Waals surface area (Å²) in [6.45, 7) is 0. The van der Waals surface area contributed by atoms with Gasteiger partial charge in [0.1, 0.15) is 5.78 Å². The fourth-order valence-electron chi connectivity index (χ4n) is 2.78. The van der Waals surface area contributed by atoms with Crippen LogP contribution in [0.2, 0.25) is 0 Å². The van der Waals surface area contributed by atoms with Crippen LogP contribution in [0.1, 0.15) is 25.0 Å². The minimum absolute atomic E-state index is 0.202. The number of Topliss-reactive ketones (excluding diaryl/α,β-unsaturated/α-hetero) is 1. The van der Waals surface area contributed by atoms with E-state index >= 15 is 0 Å². The molecule has 0 spiro atoms. The minimum atomic E-state index is 0.202. The molecule has 1 aromatic heterocycles. The number of aromatic nitrogens is 2. The number of fused-ring (bicyclic) bond motifs is 1. The Balaban J connectivity index is 1.97. The van der Waals surface area contributed by atoms with Gasteiger partial charge < -0.3 is 0 Å². The highest BCUT2D eigenvalue weighted by atomic mass is 16.1. The number of carbonyl (C=O) groups is 1. The van der Waals surface area contributed by atoms with Crippen molar-refractivity contribution in [3.8, 4) is 0 Å². The fourth-order valence-corrected chi connectivity index (χ4v) is 2.78. The molecule has 1 aromatic carbocycles. The van der Waals surface area contributed by atoms with Gasteiger partial charge >= 0.3 is 0 Å². The molecule has 3 nitrogen and oxygen atoms in total. The van der Waals surface area contributed by atoms with Crippen molar-refractivity contribution >= 4 is 16.7 Å². The topological polar surface area (TPSA) is 34.9 Å². The summed E-state index contributed by atoms with van der Waals surface area (Å²) >= 11 is 0. The molecule has 17 heavy (non-hydrogen) atoms. The molecule has 1 aliphatic carbocycles. The van der Waals surface area contributed by atoms with Crippen LogP contribution in [0.5, 0.6) is 0 Å². The van der Waals surface area contributed by atoms with E-state index in [2.05, 4.69) is 17.2 Å². The Morgan fingerprint density at radius 1 is 1.41 bits per heavy atom. The highest BCUT2D eigenvalue weighted by Crippen LogP contribution is 2.27. The number of hydrogen-bond acceptors (Lipinski definition) is 2. The monoisotopic (exact) mass is 228 g/mol. The summed E-state index contributed by atoms with van der Waals surface area (Å²) in [4.78, 5) is 11.7. The van der Waals surface area contributed by atoms with Crippen LogP contribution in [-0.4, -0.2) is 15.6 Å². The Morgan fingerprint density at radius 2 is 2.24 bits per heavy atom. The Labute approximate surface area is 100 Å². The predicted molar refractivity (Wildman–Crippen MR) is 66.8 cm³/mol. The number of benzene rings is 1. The van der Waals surface area contributed by atoms with E-state index < -0.39 is 0 Å². The summed E-state index contributed by atoms with van der Waals surface area (Å²) in [5.74, 6) is 0.619. The Kier molecular flexibility index (Phi) is 2.46. The maximum absolute atomic E-state index is 11.7. The molecule has 0 aliphatic heterocycles. The lowest BCUT2D eigenvalue weighted by Crippen LogP contribution is -2.10. The van der Waals surface area contributed by atoms with Crippen molar-refractivity contribution in [1.29, 1.82) is 0 Å². The lowest BCUT2D eigenvalue weighted by atomic mass is 9.99. The standard InChI is InChI=1S/C14H16N2O/c1-16-13-7-3-2-6-11(13)12(15-16)9-10-5-4-8-14(10)17/h2-3,6-7,10H,4-5,8-9H2,1H3. The first-order valence-corrected chi connectivity index (χ1v) is 6.19. The third-order valence-corrected chi connectivity index (χ3v) is 3.71. The Hall–Kier alpha value is -1.64. The van der Waals surface area contributed by atoms with Gasteiger partial charge in [-0.25, -0.2) is 0 Å². The van der Waals surface area contributed by atoms with E-state index in [4.69, 9.17) is 0 Å². The number of ketones is 1. The maximum Gasteiger partial charge on any atom is 0.136 e. The van der Waals surface area contributed by atoms with E-state index in [9.17, 15) is 4.79 Å². The summed E-state index contributed by atoms with van der Waals surface area (Å²) in [5.41, 5.74) is 2.22. The molecule has 2 aromatic rings. The average molecular weight is 228 g/mol. The zero-order valence-electron chi connectivity index (χ0n) is 10.0. The van der Waals surface area contributed by atoms with Gasteiger partial charge in [0.15, 0.2) is 0 Å². The van der Waals surface area contributed by atoms with Crippen LogP contribution in [0.4, 0.5) is 0 Å². The van der Waals surface area contributed by atoms with Crippen LogP contribution < -0.4 is 0 Å². The third kappa shape index (κ3) is 1.75. The van der Waals surface area contributed by atoms with Gasteiger partial charge in [0.25, 0.3) is 0 Å². The van der Waals surface area contributed by atoms with Crippen molar-refractivity contribution in [3.63, 3.8) is 0 Å². The highest BCUT2D eigenvalue weighted by molar-refractivity contribution is 5.85. The molecule has 1 unspecified atom stereocenters. The van der Waals surface area contributed by atoms with Gasteiger partial charge in [0, 0.05) is 31.2 Å². The summed E-state index contributed by atoms with van der Waals surface area (Å²) in [5, 5.41) is 5.74. The zero-order chi connectivity index (χ0) is 11.8. The molecule has 0 amide bonds. The second-order valence-corrected chi connectivity index (χ2v) is 4.85. The fraction of sp³-hybridized carbons (Fsp3) is 0.429. The molecular weight excluding hydrogens is 212 g/mol. The number of carbonyl (C=O) groups excluding carboxylic acids is 1. The van der Waals surface area contributed by atoms with E-state index in [0.717, 1.165) is 36.9 Å². The average Bonchev–Trinajstić information content (AvgIpc) is 2.87. The molecule has 3 heteroatoms. The largest absolute Gasteiger partial charge is 0.299 e. The maximum atomic E-state index is 11.7. The second-order valence-electron chi connectivity index (χ2n) is 4.85. The molecule has 0 saturated heterocycles. The molecule has 0 N–H and O–H groups in total. The third-order valence-electron chi connectivity index (χ3n) is 3.71. The molecule has 1 saturated carbocycles. The van der Waals surface area contributed by atoms with Crippen LogP contribution in [0.25, 0.3) is 10.9 Å². The van der Waals surface area contributed by atoms with Crippen LogP contribution in [0.15, 0.2) is 24.3 Å². The lowest BCUT2D eigenvalue weighted by Gasteiger charge is -2.04. The second kappa shape index (κ2) is 3.99. The summed E-state index contributed by atoms with van der Waals surface area (Å²) in [6, 6.07) is 8.22. The Bertz CT molecular complexity index is 571. The number of para-hydroxylation sites is 1. The molecule has 1 atom stereocenters. The number of aryl methyl sites for hydroxylation is 1. The van der Waals surface area contributed by atoms with Crippen LogP contribution in [-0.2, 0) is 18.3 Å². The predicted octanol–water partition coefficient (Wildman–Crippen LogP) is 2.49. The molecule has 0 radical (unpaired) electrons. The van der Waals surface area contributed by atoms with Gasteiger partial charge in [0.2, 0.25) is 0 Å². The first-order valence-electron chi connectivity index (χ1n) is 6.19. The van der Waals surface area contributed by atoms with E-state index in [0.29, 0.717) is 5.78 Å². The van der Waals surface area contributed by atoms with Gasteiger partial charge in [-0.15, -0.1) is 0 Å². The number of rotatable bonds is 2. The first kappa shape index (κ1) is 10.5. The molecule has 1 fully saturated rings. The normalized spacial score (nSPS) is 20.3. The Morgan fingerprint density at radius 3 is 3.00 bits per heavy atom. The van der Waals surface area contributed by atoms with Crippen molar-refractivity contribution in [3.05, 3.63) is 30.0 Å². The summed E-state index contributed by atoms with van der Waals surface area (Å²) in [7, 11) is 1.96. The van der Waals surface area contributed by atoms with Crippen molar-refractivity contribution in [2.24, 2.45) is 13.0 Å². The van der Waals surface area contributed by atoms with Gasteiger partial charge in [0.05, 0.1) is 11.2 Å². The molecule has 88 valence electrons. The van der Waals surface area contributed by atoms with Crippen molar-refractivity contribution in [1.82, 2.24) is 9.78 Å². The van der Waals surface area contributed by atoms with Crippen LogP contribution in [0.3, 0.4) is 0 Å². The number of hydrogen-bond donors (Lipinski definition) is 0. The van der Waals surface area contributed by atoms with E-state index in [1.165, 1.54) is 5.39 Å². The molecule has 1 heterocycles. The molecule has 1 aliphatic rings. The smallest absolute Gasteiger partial charge is 0.136 e. The summed E-state index contributed by atoms with van der Waals surface area (Å²) < 4.78 is 1.91. The zero-order valence-corrected chi connectivity index (χ0v) is 10.0. The quantitative estimate of drug-likeness (QED) is 0.791. The van der Waals surface area contributed by atoms with Crippen molar-refractivity contribution in [2.45, 2.75) is 25.7 Å². The highest BCUT2D eigenvalue weighted by Gasteiger charge is 2.26. The lowest BCUT2D eigenvalue weighted by molar-refractivity contribution is -0.120. The van der Waals surface area contributed by atoms with Gasteiger partial charge in [-0.3, -0.25) is 9.48 Å². The molecular formula is C14H16N2O. The molecule has 3 rings (SSSR count). The van der Waals surface area contributed by atoms with Gasteiger partial charge in [-0.05, 0) is 18.9 Å². The summed E-state index contributed by atoms with van der Waals surface area (Å²) in [6.07, 6.45) is 3.65. The van der Waals surface area contributed by atoms with Crippen molar-refractivity contribution in [2.75, 3.05) is 0 Å².